The zero-order valence-electron chi connectivity index (χ0n) is 37.4. The van der Waals surface area contributed by atoms with Crippen molar-refractivity contribution in [1.82, 2.24) is 19.6 Å². The SMILES string of the molecule is COCC[N+](C=O)(CCOC)CN(CN(C=O)CCc1ccc(OC)cc1)C(=O)C/C=C/CC(=O)N(CN(C=O)CCc1ccc(OC)cc1)C[N+](C=O)(CCOC)CCOC. The van der Waals surface area contributed by atoms with E-state index in [1.54, 1.807) is 26.4 Å². The molecule has 2 rings (SSSR count). The molecule has 0 radical (unpaired) electrons. The van der Waals surface area contributed by atoms with Crippen molar-refractivity contribution in [3.05, 3.63) is 71.8 Å². The average Bonchev–Trinajstić information content (AvgIpc) is 3.31. The molecule has 0 aromatic heterocycles. The van der Waals surface area contributed by atoms with Crippen LogP contribution in [-0.4, -0.2) is 201 Å². The van der Waals surface area contributed by atoms with Crippen molar-refractivity contribution in [3.63, 3.8) is 0 Å². The van der Waals surface area contributed by atoms with Crippen LogP contribution in [0.3, 0.4) is 0 Å². The second-order valence-corrected chi connectivity index (χ2v) is 14.9. The van der Waals surface area contributed by atoms with E-state index in [9.17, 15) is 28.8 Å². The molecule has 0 aliphatic heterocycles. The molecule has 0 atom stereocenters. The van der Waals surface area contributed by atoms with Crippen LogP contribution in [0.1, 0.15) is 24.0 Å². The molecular formula is C44H68N6O12+2. The van der Waals surface area contributed by atoms with Crippen molar-refractivity contribution in [2.75, 3.05) is 135 Å². The average molecular weight is 873 g/mol. The number of benzene rings is 2. The van der Waals surface area contributed by atoms with Gasteiger partial charge in [-0.25, -0.2) is 18.6 Å². The molecule has 0 unspecified atom stereocenters. The van der Waals surface area contributed by atoms with Gasteiger partial charge in [0.05, 0.1) is 40.6 Å². The Bertz CT molecular complexity index is 1510. The monoisotopic (exact) mass is 872 g/mol. The zero-order valence-corrected chi connectivity index (χ0v) is 37.4. The van der Waals surface area contributed by atoms with Gasteiger partial charge in [0.2, 0.25) is 24.6 Å². The summed E-state index contributed by atoms with van der Waals surface area (Å²) < 4.78 is 31.3. The van der Waals surface area contributed by atoms with Crippen LogP contribution in [-0.2, 0) is 60.6 Å². The largest absolute Gasteiger partial charge is 0.497 e. The number of methoxy groups -OCH3 is 6. The Kier molecular flexibility index (Phi) is 25.5. The summed E-state index contributed by atoms with van der Waals surface area (Å²) in [4.78, 5) is 84.0. The molecule has 344 valence electrons. The molecule has 0 heterocycles. The molecule has 0 saturated carbocycles. The van der Waals surface area contributed by atoms with Gasteiger partial charge in [-0.2, -0.15) is 0 Å². The van der Waals surface area contributed by atoms with E-state index < -0.39 is 0 Å². The molecule has 18 nitrogen and oxygen atoms in total. The van der Waals surface area contributed by atoms with Crippen LogP contribution in [0, 0.1) is 0 Å². The Morgan fingerprint density at radius 3 is 1.10 bits per heavy atom. The maximum atomic E-state index is 14.0. The highest BCUT2D eigenvalue weighted by Crippen LogP contribution is 2.16. The Labute approximate surface area is 366 Å². The lowest BCUT2D eigenvalue weighted by atomic mass is 10.1. The normalized spacial score (nSPS) is 11.5. The molecule has 62 heavy (non-hydrogen) atoms. The second kappa shape index (κ2) is 29.9. The lowest BCUT2D eigenvalue weighted by Gasteiger charge is -2.38. The number of carbonyl (C=O) groups is 6. The van der Waals surface area contributed by atoms with Gasteiger partial charge in [0.1, 0.15) is 51.0 Å². The van der Waals surface area contributed by atoms with Crippen molar-refractivity contribution in [1.29, 1.82) is 0 Å². The minimum atomic E-state index is -0.387. The van der Waals surface area contributed by atoms with Crippen molar-refractivity contribution in [2.24, 2.45) is 0 Å². The van der Waals surface area contributed by atoms with E-state index >= 15 is 0 Å². The predicted molar refractivity (Wildman–Crippen MR) is 230 cm³/mol. The van der Waals surface area contributed by atoms with Gasteiger partial charge >= 0.3 is 12.8 Å². The van der Waals surface area contributed by atoms with Gasteiger partial charge in [-0.1, -0.05) is 36.4 Å². The molecule has 0 aliphatic carbocycles. The van der Waals surface area contributed by atoms with Crippen LogP contribution in [0.25, 0.3) is 0 Å². The molecule has 6 amide bonds. The summed E-state index contributed by atoms with van der Waals surface area (Å²) in [6.07, 6.45) is 6.71. The van der Waals surface area contributed by atoms with E-state index in [1.807, 2.05) is 48.5 Å². The first-order valence-electron chi connectivity index (χ1n) is 20.5. The van der Waals surface area contributed by atoms with Gasteiger partial charge in [0.15, 0.2) is 13.3 Å². The van der Waals surface area contributed by atoms with Crippen molar-refractivity contribution < 1.29 is 66.2 Å². The summed E-state index contributed by atoms with van der Waals surface area (Å²) in [5.74, 6) is 0.637. The Morgan fingerprint density at radius 2 is 0.839 bits per heavy atom. The maximum absolute atomic E-state index is 14.0. The highest BCUT2D eigenvalue weighted by atomic mass is 16.5. The fourth-order valence-electron chi connectivity index (χ4n) is 6.47. The second-order valence-electron chi connectivity index (χ2n) is 14.9. The standard InChI is InChI=1S/C44H68N6O12/c1-57-27-23-49(37-53,24-28-58-2)33-47(31-45(35-51)21-19-39-11-15-41(61-5)16-12-39)43(55)9-7-8-10-44(56)48(34-50(38-54,25-29-59-3)26-30-60-4)32-46(36-52)22-20-40-13-17-42(62-6)18-14-40/h7-8,11-18,35-38H,9-10,19-34H2,1-6H3/q+2/b8-7+. The number of rotatable bonds is 36. The molecule has 0 aliphatic rings. The first-order valence-corrected chi connectivity index (χ1v) is 20.5. The first-order chi connectivity index (χ1) is 30.0. The molecule has 0 bridgehead atoms. The summed E-state index contributed by atoms with van der Waals surface area (Å²) in [7, 11) is 9.26. The highest BCUT2D eigenvalue weighted by molar-refractivity contribution is 5.79. The Morgan fingerprint density at radius 1 is 0.516 bits per heavy atom. The van der Waals surface area contributed by atoms with Gasteiger partial charge in [-0.05, 0) is 48.2 Å². The van der Waals surface area contributed by atoms with E-state index in [2.05, 4.69) is 0 Å². The lowest BCUT2D eigenvalue weighted by Crippen LogP contribution is -2.59. The fourth-order valence-corrected chi connectivity index (χ4v) is 6.47. The molecule has 0 N–H and O–H groups in total. The Hall–Kier alpha value is -5.24. The molecule has 0 saturated heterocycles. The van der Waals surface area contributed by atoms with E-state index in [0.29, 0.717) is 50.3 Å². The minimum Gasteiger partial charge on any atom is -0.497 e. The predicted octanol–water partition coefficient (Wildman–Crippen LogP) is 1.76. The van der Waals surface area contributed by atoms with Gasteiger partial charge in [0.25, 0.3) is 0 Å². The summed E-state index contributed by atoms with van der Waals surface area (Å²) in [6, 6.07) is 14.9. The third kappa shape index (κ3) is 18.8. The van der Waals surface area contributed by atoms with Gasteiger partial charge in [0, 0.05) is 54.4 Å². The molecule has 2 aromatic carbocycles. The van der Waals surface area contributed by atoms with Crippen LogP contribution < -0.4 is 9.47 Å². The summed E-state index contributed by atoms with van der Waals surface area (Å²) in [5, 5.41) is 0. The van der Waals surface area contributed by atoms with Crippen molar-refractivity contribution >= 4 is 37.5 Å². The number of nitrogens with zero attached hydrogens (tertiary/aromatic N) is 6. The number of hydrogen-bond donors (Lipinski definition) is 0. The molecule has 0 spiro atoms. The minimum absolute atomic E-state index is 0.0603. The van der Waals surface area contributed by atoms with Gasteiger partial charge < -0.3 is 38.2 Å². The summed E-state index contributed by atoms with van der Waals surface area (Å²) in [6.45, 7) is 2.26. The summed E-state index contributed by atoms with van der Waals surface area (Å²) in [5.41, 5.74) is 1.93. The zero-order chi connectivity index (χ0) is 45.6. The third-order valence-electron chi connectivity index (χ3n) is 10.5. The summed E-state index contributed by atoms with van der Waals surface area (Å²) >= 11 is 0. The van der Waals surface area contributed by atoms with Crippen LogP contribution >= 0.6 is 0 Å². The topological polar surface area (TPSA) is 171 Å². The van der Waals surface area contributed by atoms with Crippen LogP contribution in [0.2, 0.25) is 0 Å². The molecular weight excluding hydrogens is 805 g/mol. The van der Waals surface area contributed by atoms with Crippen molar-refractivity contribution in [2.45, 2.75) is 25.7 Å². The fraction of sp³-hybridized carbons (Fsp3) is 0.545. The van der Waals surface area contributed by atoms with E-state index in [0.717, 1.165) is 23.9 Å². The van der Waals surface area contributed by atoms with E-state index in [4.69, 9.17) is 28.4 Å². The maximum Gasteiger partial charge on any atom is 0.303 e. The van der Waals surface area contributed by atoms with E-state index in [-0.39, 0.29) is 113 Å². The van der Waals surface area contributed by atoms with Crippen LogP contribution in [0.5, 0.6) is 11.5 Å². The molecule has 2 aromatic rings. The quantitative estimate of drug-likeness (QED) is 0.0422. The van der Waals surface area contributed by atoms with E-state index in [1.165, 1.54) is 48.0 Å². The van der Waals surface area contributed by atoms with Gasteiger partial charge in [-0.3, -0.25) is 29.0 Å². The number of carbonyl (C=O) groups excluding carboxylic acids is 6. The van der Waals surface area contributed by atoms with Gasteiger partial charge in [-0.15, -0.1) is 0 Å². The highest BCUT2D eigenvalue weighted by Gasteiger charge is 2.34. The number of quaternary nitrogens is 2. The number of hydrogen-bond acceptors (Lipinski definition) is 12. The van der Waals surface area contributed by atoms with Crippen LogP contribution in [0.15, 0.2) is 60.7 Å². The number of amides is 6. The molecule has 0 fully saturated rings. The molecule has 18 heteroatoms. The lowest BCUT2D eigenvalue weighted by molar-refractivity contribution is -0.856. The van der Waals surface area contributed by atoms with Crippen molar-refractivity contribution in [3.8, 4) is 11.5 Å². The smallest absolute Gasteiger partial charge is 0.303 e. The third-order valence-corrected chi connectivity index (χ3v) is 10.5. The van der Waals surface area contributed by atoms with Crippen LogP contribution in [0.4, 0.5) is 0 Å². The number of ether oxygens (including phenoxy) is 6. The first kappa shape index (κ1) is 52.9. The Balaban J connectivity index is 2.35.